The molecular weight excluding hydrogens is 591 g/mol. The van der Waals surface area contributed by atoms with E-state index in [1.54, 1.807) is 18.2 Å². The number of alkyl halides is 3. The van der Waals surface area contributed by atoms with Crippen LogP contribution in [0.1, 0.15) is 43.4 Å². The number of unbranched alkanes of at least 4 members (excludes halogenated alkanes) is 1. The number of sulfonamides is 1. The van der Waals surface area contributed by atoms with E-state index in [1.165, 1.54) is 36.1 Å². The number of amides is 2. The number of aryl methyl sites for hydroxylation is 1. The largest absolute Gasteiger partial charge is 0.417 e. The van der Waals surface area contributed by atoms with Crippen molar-refractivity contribution in [1.29, 1.82) is 0 Å². The van der Waals surface area contributed by atoms with Crippen molar-refractivity contribution in [3.8, 4) is 0 Å². The highest BCUT2D eigenvalue weighted by molar-refractivity contribution is 7.92. The van der Waals surface area contributed by atoms with Gasteiger partial charge < -0.3 is 10.2 Å². The van der Waals surface area contributed by atoms with Crippen LogP contribution in [0.15, 0.2) is 77.7 Å². The maximum atomic E-state index is 13.9. The molecule has 0 spiro atoms. The van der Waals surface area contributed by atoms with Gasteiger partial charge in [-0.2, -0.15) is 13.2 Å². The number of carbonyl (C=O) groups is 2. The number of carbonyl (C=O) groups excluding carboxylic acids is 2. The first-order chi connectivity index (χ1) is 19.8. The summed E-state index contributed by atoms with van der Waals surface area (Å²) in [5, 5.41) is 2.17. The van der Waals surface area contributed by atoms with Gasteiger partial charge in [0.2, 0.25) is 11.8 Å². The van der Waals surface area contributed by atoms with Crippen LogP contribution in [0.5, 0.6) is 0 Å². The molecule has 0 aliphatic rings. The summed E-state index contributed by atoms with van der Waals surface area (Å²) in [4.78, 5) is 28.0. The van der Waals surface area contributed by atoms with E-state index >= 15 is 0 Å². The second-order valence-electron chi connectivity index (χ2n) is 9.76. The van der Waals surface area contributed by atoms with Crippen molar-refractivity contribution in [2.75, 3.05) is 17.4 Å². The highest BCUT2D eigenvalue weighted by atomic mass is 35.5. The Kier molecular flexibility index (Phi) is 11.0. The number of hydrogen-bond acceptors (Lipinski definition) is 4. The fourth-order valence-electron chi connectivity index (χ4n) is 4.22. The predicted octanol–water partition coefficient (Wildman–Crippen LogP) is 6.20. The van der Waals surface area contributed by atoms with Crippen molar-refractivity contribution in [2.24, 2.45) is 0 Å². The average molecular weight is 624 g/mol. The van der Waals surface area contributed by atoms with Crippen LogP contribution in [-0.2, 0) is 32.3 Å². The molecule has 3 aromatic rings. The molecule has 0 heterocycles. The number of nitrogens with zero attached hydrogens (tertiary/aromatic N) is 2. The van der Waals surface area contributed by atoms with Crippen LogP contribution in [-0.4, -0.2) is 44.3 Å². The Morgan fingerprint density at radius 3 is 2.26 bits per heavy atom. The molecule has 7 nitrogen and oxygen atoms in total. The van der Waals surface area contributed by atoms with Crippen molar-refractivity contribution >= 4 is 39.1 Å². The number of halogens is 4. The normalized spacial score (nSPS) is 12.5. The number of benzene rings is 3. The number of rotatable bonds is 12. The minimum Gasteiger partial charge on any atom is -0.354 e. The number of anilines is 1. The summed E-state index contributed by atoms with van der Waals surface area (Å²) in [6.45, 7) is 4.83. The Bertz CT molecular complexity index is 1500. The Morgan fingerprint density at radius 2 is 1.64 bits per heavy atom. The molecule has 3 rings (SSSR count). The van der Waals surface area contributed by atoms with Gasteiger partial charge in [-0.15, -0.1) is 0 Å². The van der Waals surface area contributed by atoms with Gasteiger partial charge >= 0.3 is 6.18 Å². The Hall–Kier alpha value is -3.57. The van der Waals surface area contributed by atoms with Gasteiger partial charge in [0.15, 0.2) is 0 Å². The lowest BCUT2D eigenvalue weighted by atomic mass is 10.1. The zero-order valence-corrected chi connectivity index (χ0v) is 25.1. The van der Waals surface area contributed by atoms with Crippen molar-refractivity contribution in [1.82, 2.24) is 10.2 Å². The third-order valence-corrected chi connectivity index (χ3v) is 8.87. The molecule has 1 N–H and O–H groups in total. The van der Waals surface area contributed by atoms with Crippen LogP contribution in [0.4, 0.5) is 18.9 Å². The molecule has 12 heteroatoms. The Labute approximate surface area is 249 Å². The third-order valence-electron chi connectivity index (χ3n) is 6.75. The van der Waals surface area contributed by atoms with Gasteiger partial charge in [-0.25, -0.2) is 8.42 Å². The molecule has 0 fully saturated rings. The lowest BCUT2D eigenvalue weighted by molar-refractivity contribution is -0.139. The van der Waals surface area contributed by atoms with E-state index in [-0.39, 0.29) is 11.4 Å². The smallest absolute Gasteiger partial charge is 0.354 e. The maximum Gasteiger partial charge on any atom is 0.417 e. The molecule has 0 bridgehead atoms. The van der Waals surface area contributed by atoms with Crippen LogP contribution < -0.4 is 9.62 Å². The third kappa shape index (κ3) is 8.04. The van der Waals surface area contributed by atoms with Gasteiger partial charge in [0.05, 0.1) is 21.2 Å². The van der Waals surface area contributed by atoms with E-state index in [0.29, 0.717) is 16.9 Å². The van der Waals surface area contributed by atoms with Crippen LogP contribution >= 0.6 is 11.6 Å². The Morgan fingerprint density at radius 1 is 1.00 bits per heavy atom. The maximum absolute atomic E-state index is 13.9. The van der Waals surface area contributed by atoms with Crippen LogP contribution in [0.2, 0.25) is 5.02 Å². The van der Waals surface area contributed by atoms with E-state index in [0.717, 1.165) is 36.1 Å². The van der Waals surface area contributed by atoms with Gasteiger partial charge in [0.25, 0.3) is 10.0 Å². The fraction of sp³-hybridized carbons (Fsp3) is 0.333. The monoisotopic (exact) mass is 623 g/mol. The summed E-state index contributed by atoms with van der Waals surface area (Å²) >= 11 is 5.80. The first-order valence-electron chi connectivity index (χ1n) is 13.3. The zero-order valence-electron chi connectivity index (χ0n) is 23.5. The van der Waals surface area contributed by atoms with Crippen LogP contribution in [0, 0.1) is 6.92 Å². The fourth-order valence-corrected chi connectivity index (χ4v) is 5.88. The summed E-state index contributed by atoms with van der Waals surface area (Å²) in [6.07, 6.45) is -3.31. The van der Waals surface area contributed by atoms with Crippen LogP contribution in [0.3, 0.4) is 0 Å². The van der Waals surface area contributed by atoms with Crippen molar-refractivity contribution in [3.63, 3.8) is 0 Å². The summed E-state index contributed by atoms with van der Waals surface area (Å²) in [7, 11) is -4.53. The summed E-state index contributed by atoms with van der Waals surface area (Å²) in [5.41, 5.74) is -0.0832. The SMILES string of the molecule is CCCCNC(=O)C(C)N(Cc1ccccc1C)C(=O)CN(c1ccc(Cl)c(C(F)(F)F)c1)S(=O)(=O)c1ccccc1. The molecule has 2 amide bonds. The van der Waals surface area contributed by atoms with E-state index in [2.05, 4.69) is 5.32 Å². The van der Waals surface area contributed by atoms with Gasteiger partial charge in [-0.1, -0.05) is 67.4 Å². The van der Waals surface area contributed by atoms with Crippen molar-refractivity contribution in [2.45, 2.75) is 57.3 Å². The van der Waals surface area contributed by atoms with Gasteiger partial charge in [-0.3, -0.25) is 13.9 Å². The molecule has 0 saturated heterocycles. The molecule has 3 aromatic carbocycles. The van der Waals surface area contributed by atoms with E-state index in [4.69, 9.17) is 11.6 Å². The molecule has 0 radical (unpaired) electrons. The lowest BCUT2D eigenvalue weighted by Gasteiger charge is -2.32. The molecule has 1 atom stereocenters. The molecule has 0 saturated carbocycles. The number of hydrogen-bond donors (Lipinski definition) is 1. The summed E-state index contributed by atoms with van der Waals surface area (Å²) in [5.74, 6) is -1.21. The van der Waals surface area contributed by atoms with Crippen molar-refractivity contribution < 1.29 is 31.2 Å². The van der Waals surface area contributed by atoms with Gasteiger partial charge in [0, 0.05) is 13.1 Å². The first kappa shape index (κ1) is 32.9. The minimum absolute atomic E-state index is 0.0263. The second kappa shape index (κ2) is 14.1. The highest BCUT2D eigenvalue weighted by Crippen LogP contribution is 2.38. The summed E-state index contributed by atoms with van der Waals surface area (Å²) in [6, 6.07) is 15.9. The van der Waals surface area contributed by atoms with Crippen LogP contribution in [0.25, 0.3) is 0 Å². The molecule has 0 aliphatic carbocycles. The molecule has 0 aromatic heterocycles. The summed E-state index contributed by atoms with van der Waals surface area (Å²) < 4.78 is 69.4. The standard InChI is InChI=1S/C30H33ClF3N3O4S/c1-4-5-17-35-29(39)22(3)36(19-23-12-10-9-11-21(23)2)28(38)20-37(42(40,41)25-13-7-6-8-14-25)24-15-16-27(31)26(18-24)30(32,33)34/h6-16,18,22H,4-5,17,19-20H2,1-3H3,(H,35,39). The first-order valence-corrected chi connectivity index (χ1v) is 15.1. The molecule has 42 heavy (non-hydrogen) atoms. The average Bonchev–Trinajstić information content (AvgIpc) is 2.95. The van der Waals surface area contributed by atoms with Gasteiger partial charge in [0.1, 0.15) is 12.6 Å². The van der Waals surface area contributed by atoms with E-state index in [1.807, 2.05) is 26.0 Å². The zero-order chi connectivity index (χ0) is 31.1. The van der Waals surface area contributed by atoms with E-state index in [9.17, 15) is 31.2 Å². The van der Waals surface area contributed by atoms with E-state index < -0.39 is 56.9 Å². The Balaban J connectivity index is 2.09. The molecular formula is C30H33ClF3N3O4S. The van der Waals surface area contributed by atoms with Gasteiger partial charge in [-0.05, 0) is 61.7 Å². The topological polar surface area (TPSA) is 86.8 Å². The van der Waals surface area contributed by atoms with Crippen molar-refractivity contribution in [3.05, 3.63) is 94.5 Å². The molecule has 226 valence electrons. The molecule has 1 unspecified atom stereocenters. The minimum atomic E-state index is -4.87. The lowest BCUT2D eigenvalue weighted by Crippen LogP contribution is -2.51. The quantitative estimate of drug-likeness (QED) is 0.244. The second-order valence-corrected chi connectivity index (χ2v) is 12.0. The number of nitrogens with one attached hydrogen (secondary N) is 1. The molecule has 0 aliphatic heterocycles. The highest BCUT2D eigenvalue weighted by Gasteiger charge is 2.37. The predicted molar refractivity (Wildman–Crippen MR) is 157 cm³/mol.